The molecule has 0 heterocycles. The van der Waals surface area contributed by atoms with E-state index in [9.17, 15) is 19.8 Å². The highest BCUT2D eigenvalue weighted by Gasteiger charge is 2.18. The Bertz CT molecular complexity index is 1060. The van der Waals surface area contributed by atoms with E-state index >= 15 is 0 Å². The minimum absolute atomic E-state index is 0.0204. The number of aliphatic hydroxyl groups excluding tert-OH is 2. The van der Waals surface area contributed by atoms with E-state index in [0.717, 1.165) is 38.5 Å². The van der Waals surface area contributed by atoms with Gasteiger partial charge in [-0.15, -0.1) is 0 Å². The van der Waals surface area contributed by atoms with Crippen molar-refractivity contribution in [3.8, 4) is 0 Å². The molecule has 0 saturated heterocycles. The van der Waals surface area contributed by atoms with Crippen molar-refractivity contribution in [2.24, 2.45) is 0 Å². The largest absolute Gasteiger partial charge is 0.466 e. The summed E-state index contributed by atoms with van der Waals surface area (Å²) in [7, 11) is 0. The molecule has 0 spiro atoms. The zero-order valence-corrected chi connectivity index (χ0v) is 48.2. The number of ether oxygens (including phenoxy) is 1. The van der Waals surface area contributed by atoms with Gasteiger partial charge in [-0.1, -0.05) is 334 Å². The molecule has 0 aliphatic carbocycles. The Kier molecular flexibility index (Phi) is 59.9. The Morgan fingerprint density at radius 2 is 0.648 bits per heavy atom. The third-order valence-corrected chi connectivity index (χ3v) is 15.3. The van der Waals surface area contributed by atoms with E-state index in [1.165, 1.54) is 302 Å². The van der Waals surface area contributed by atoms with E-state index in [2.05, 4.69) is 19.2 Å². The van der Waals surface area contributed by atoms with Gasteiger partial charge in [-0.2, -0.15) is 0 Å². The van der Waals surface area contributed by atoms with Crippen molar-refractivity contribution in [3.05, 3.63) is 12.2 Å². The molecule has 2 unspecified atom stereocenters. The summed E-state index contributed by atoms with van der Waals surface area (Å²) >= 11 is 0. The number of carbonyl (C=O) groups is 2. The Labute approximate surface area is 444 Å². The minimum Gasteiger partial charge on any atom is -0.466 e. The third kappa shape index (κ3) is 57.7. The van der Waals surface area contributed by atoms with E-state index in [0.29, 0.717) is 19.4 Å². The number of amides is 1. The fourth-order valence-electron chi connectivity index (χ4n) is 10.3. The molecule has 0 radical (unpaired) electrons. The van der Waals surface area contributed by atoms with Crippen LogP contribution < -0.4 is 5.32 Å². The molecule has 6 nitrogen and oxygen atoms in total. The van der Waals surface area contributed by atoms with Crippen LogP contribution in [0.5, 0.6) is 0 Å². The Hall–Kier alpha value is -1.40. The molecule has 1 amide bonds. The molecular weight excluding hydrogens is 875 g/mol. The fourth-order valence-corrected chi connectivity index (χ4v) is 10.3. The van der Waals surface area contributed by atoms with Crippen LogP contribution in [0.15, 0.2) is 12.2 Å². The van der Waals surface area contributed by atoms with Crippen LogP contribution in [0.4, 0.5) is 0 Å². The number of hydrogen-bond donors (Lipinski definition) is 3. The summed E-state index contributed by atoms with van der Waals surface area (Å²) in [5, 5.41) is 23.0. The van der Waals surface area contributed by atoms with Gasteiger partial charge in [-0.25, -0.2) is 0 Å². The van der Waals surface area contributed by atoms with Gasteiger partial charge in [-0.05, 0) is 32.1 Å². The predicted octanol–water partition coefficient (Wildman–Crippen LogP) is 20.4. The first-order valence-corrected chi connectivity index (χ1v) is 32.5. The lowest BCUT2D eigenvalue weighted by Crippen LogP contribution is -2.45. The van der Waals surface area contributed by atoms with Crippen LogP contribution in [-0.4, -0.2) is 47.4 Å². The normalized spacial score (nSPS) is 12.6. The van der Waals surface area contributed by atoms with Crippen molar-refractivity contribution in [2.75, 3.05) is 13.2 Å². The highest BCUT2D eigenvalue weighted by Crippen LogP contribution is 2.18. The first kappa shape index (κ1) is 69.6. The quantitative estimate of drug-likeness (QED) is 0.0320. The number of esters is 1. The third-order valence-electron chi connectivity index (χ3n) is 15.3. The maximum Gasteiger partial charge on any atom is 0.305 e. The van der Waals surface area contributed by atoms with Crippen LogP contribution in [0.1, 0.15) is 367 Å². The fraction of sp³-hybridized carbons (Fsp3) is 0.938. The van der Waals surface area contributed by atoms with Crippen LogP contribution >= 0.6 is 0 Å². The van der Waals surface area contributed by atoms with E-state index in [-0.39, 0.29) is 18.5 Å². The highest BCUT2D eigenvalue weighted by atomic mass is 16.5. The van der Waals surface area contributed by atoms with Crippen molar-refractivity contribution in [3.63, 3.8) is 0 Å². The lowest BCUT2D eigenvalue weighted by molar-refractivity contribution is -0.143. The molecule has 0 bridgehead atoms. The SMILES string of the molecule is CCCCCCCCCCC/C=C/C(O)C(CO)NC(=O)CCCCCCCCCCCCCCCCCCCCCCCCCCOC(=O)CCCCCCCCCCCCCCCCCCCCC. The van der Waals surface area contributed by atoms with Crippen molar-refractivity contribution < 1.29 is 24.5 Å². The van der Waals surface area contributed by atoms with Gasteiger partial charge in [0.05, 0.1) is 25.4 Å². The van der Waals surface area contributed by atoms with Gasteiger partial charge in [0.25, 0.3) is 0 Å². The topological polar surface area (TPSA) is 95.9 Å². The summed E-state index contributed by atoms with van der Waals surface area (Å²) in [6.07, 6.45) is 74.2. The van der Waals surface area contributed by atoms with Crippen LogP contribution in [0.3, 0.4) is 0 Å². The first-order chi connectivity index (χ1) is 35.0. The number of allylic oxidation sites excluding steroid dienone is 1. The Morgan fingerprint density at radius 3 is 0.958 bits per heavy atom. The van der Waals surface area contributed by atoms with Gasteiger partial charge in [0.15, 0.2) is 0 Å². The average Bonchev–Trinajstić information content (AvgIpc) is 3.37. The molecular formula is C65H127NO5. The molecule has 0 aliphatic heterocycles. The summed E-state index contributed by atoms with van der Waals surface area (Å²) in [5.74, 6) is -0.0459. The van der Waals surface area contributed by atoms with Gasteiger partial charge in [-0.3, -0.25) is 9.59 Å². The Balaban J connectivity index is 3.33. The smallest absolute Gasteiger partial charge is 0.305 e. The van der Waals surface area contributed by atoms with Gasteiger partial charge in [0, 0.05) is 12.8 Å². The molecule has 2 atom stereocenters. The summed E-state index contributed by atoms with van der Waals surface area (Å²) in [4.78, 5) is 24.5. The number of unbranched alkanes of at least 4 members (excludes halogenated alkanes) is 50. The zero-order chi connectivity index (χ0) is 51.4. The van der Waals surface area contributed by atoms with E-state index in [1.54, 1.807) is 6.08 Å². The van der Waals surface area contributed by atoms with Gasteiger partial charge >= 0.3 is 5.97 Å². The van der Waals surface area contributed by atoms with Crippen LogP contribution in [0.2, 0.25) is 0 Å². The van der Waals surface area contributed by atoms with Gasteiger partial charge in [0.2, 0.25) is 5.91 Å². The summed E-state index contributed by atoms with van der Waals surface area (Å²) < 4.78 is 5.51. The summed E-state index contributed by atoms with van der Waals surface area (Å²) in [5.41, 5.74) is 0. The minimum atomic E-state index is -0.841. The molecule has 422 valence electrons. The molecule has 0 aromatic carbocycles. The second-order valence-corrected chi connectivity index (χ2v) is 22.5. The number of carbonyl (C=O) groups excluding carboxylic acids is 2. The lowest BCUT2D eigenvalue weighted by Gasteiger charge is -2.20. The Morgan fingerprint density at radius 1 is 0.380 bits per heavy atom. The molecule has 3 N–H and O–H groups in total. The molecule has 71 heavy (non-hydrogen) atoms. The lowest BCUT2D eigenvalue weighted by atomic mass is 10.0. The van der Waals surface area contributed by atoms with Crippen molar-refractivity contribution in [2.45, 2.75) is 379 Å². The first-order valence-electron chi connectivity index (χ1n) is 32.5. The number of rotatable bonds is 61. The second kappa shape index (κ2) is 61.1. The molecule has 0 rings (SSSR count). The number of hydrogen-bond acceptors (Lipinski definition) is 5. The maximum absolute atomic E-state index is 12.4. The van der Waals surface area contributed by atoms with Crippen molar-refractivity contribution >= 4 is 11.9 Å². The summed E-state index contributed by atoms with van der Waals surface area (Å²) in [6.45, 7) is 4.92. The van der Waals surface area contributed by atoms with E-state index in [4.69, 9.17) is 4.74 Å². The zero-order valence-electron chi connectivity index (χ0n) is 48.2. The second-order valence-electron chi connectivity index (χ2n) is 22.5. The number of nitrogens with one attached hydrogen (secondary N) is 1. The van der Waals surface area contributed by atoms with Crippen LogP contribution in [0.25, 0.3) is 0 Å². The summed E-state index contributed by atoms with van der Waals surface area (Å²) in [6, 6.07) is -0.625. The molecule has 0 aliphatic rings. The molecule has 0 aromatic heterocycles. The van der Waals surface area contributed by atoms with Gasteiger partial charge in [0.1, 0.15) is 0 Å². The van der Waals surface area contributed by atoms with E-state index in [1.807, 2.05) is 6.08 Å². The molecule has 0 aromatic rings. The highest BCUT2D eigenvalue weighted by molar-refractivity contribution is 5.76. The van der Waals surface area contributed by atoms with Crippen molar-refractivity contribution in [1.82, 2.24) is 5.32 Å². The van der Waals surface area contributed by atoms with Crippen LogP contribution in [-0.2, 0) is 14.3 Å². The van der Waals surface area contributed by atoms with E-state index < -0.39 is 12.1 Å². The monoisotopic (exact) mass is 1000 g/mol. The van der Waals surface area contributed by atoms with Gasteiger partial charge < -0.3 is 20.3 Å². The average molecular weight is 1000 g/mol. The molecule has 0 fully saturated rings. The van der Waals surface area contributed by atoms with Crippen LogP contribution in [0, 0.1) is 0 Å². The maximum atomic E-state index is 12.4. The molecule has 6 heteroatoms. The predicted molar refractivity (Wildman–Crippen MR) is 310 cm³/mol. The van der Waals surface area contributed by atoms with Crippen molar-refractivity contribution in [1.29, 1.82) is 0 Å². The standard InChI is InChI=1S/C65H127NO5/c1-3-5-7-9-11-13-15-16-17-18-25-29-32-35-39-43-47-51-55-59-65(70)71-60-56-52-48-44-40-36-33-30-27-24-22-20-19-21-23-26-28-31-34-38-42-46-50-54-58-64(69)66-62(61-67)63(68)57-53-49-45-41-37-14-12-10-8-6-4-2/h53,57,62-63,67-68H,3-52,54-56,58-61H2,1-2H3,(H,66,69)/b57-53+. The molecule has 0 saturated carbocycles. The number of aliphatic hydroxyl groups is 2.